The van der Waals surface area contributed by atoms with Crippen LogP contribution in [0, 0.1) is 29.6 Å². The molecule has 0 bridgehead atoms. The number of amides is 1. The number of nitrogens with zero attached hydrogens (tertiary/aromatic N) is 1. The van der Waals surface area contributed by atoms with E-state index < -0.39 is 12.1 Å². The summed E-state index contributed by atoms with van der Waals surface area (Å²) in [5.41, 5.74) is 0. The molecular weight excluding hydrogens is 386 g/mol. The molecule has 1 aromatic heterocycles. The third-order valence-corrected chi connectivity index (χ3v) is 5.68. The first kappa shape index (κ1) is 22.7. The van der Waals surface area contributed by atoms with Gasteiger partial charge in [0.15, 0.2) is 0 Å². The zero-order valence-electron chi connectivity index (χ0n) is 16.9. The van der Waals surface area contributed by atoms with Crippen molar-refractivity contribution in [2.24, 2.45) is 5.92 Å². The van der Waals surface area contributed by atoms with Crippen molar-refractivity contribution in [3.05, 3.63) is 34.0 Å². The van der Waals surface area contributed by atoms with Crippen LogP contribution >= 0.6 is 11.3 Å². The van der Waals surface area contributed by atoms with Gasteiger partial charge in [-0.15, -0.1) is 23.2 Å². The summed E-state index contributed by atoms with van der Waals surface area (Å²) in [5.74, 6) is 11.2. The Labute approximate surface area is 176 Å². The van der Waals surface area contributed by atoms with E-state index in [0.717, 1.165) is 24.2 Å². The van der Waals surface area contributed by atoms with E-state index in [1.165, 1.54) is 6.07 Å². The maximum Gasteiger partial charge on any atom is 0.345 e. The fourth-order valence-electron chi connectivity index (χ4n) is 2.89. The molecule has 2 N–H and O–H groups in total. The molecule has 5 nitrogen and oxygen atoms in total. The maximum atomic E-state index is 12.2. The normalized spacial score (nSPS) is 18.1. The number of hydrogen-bond donors (Lipinski definition) is 2. The van der Waals surface area contributed by atoms with Gasteiger partial charge in [-0.1, -0.05) is 37.8 Å². The average Bonchev–Trinajstić information content (AvgIpc) is 3.31. The Hall–Kier alpha value is -2.54. The third-order valence-electron chi connectivity index (χ3n) is 4.69. The van der Waals surface area contributed by atoms with Crippen molar-refractivity contribution < 1.29 is 19.8 Å². The lowest BCUT2D eigenvalue weighted by Crippen LogP contribution is -2.32. The number of unbranched alkanes of at least 4 members (excludes halogenated alkanes) is 1. The molecule has 0 aliphatic carbocycles. The van der Waals surface area contributed by atoms with Crippen LogP contribution < -0.4 is 0 Å². The van der Waals surface area contributed by atoms with Crippen molar-refractivity contribution in [1.29, 1.82) is 0 Å². The van der Waals surface area contributed by atoms with Crippen molar-refractivity contribution in [2.45, 2.75) is 58.1 Å². The number of carboxylic acids is 1. The number of aliphatic hydroxyl groups excluding tert-OH is 1. The van der Waals surface area contributed by atoms with Gasteiger partial charge in [-0.25, -0.2) is 4.79 Å². The first-order valence-corrected chi connectivity index (χ1v) is 10.7. The van der Waals surface area contributed by atoms with E-state index in [1.54, 1.807) is 17.0 Å². The molecule has 0 saturated carbocycles. The summed E-state index contributed by atoms with van der Waals surface area (Å²) in [4.78, 5) is 25.7. The summed E-state index contributed by atoms with van der Waals surface area (Å²) in [6, 6.07) is 3.12. The molecule has 1 fully saturated rings. The summed E-state index contributed by atoms with van der Waals surface area (Å²) in [7, 11) is 0. The highest BCUT2D eigenvalue weighted by atomic mass is 32.1. The summed E-state index contributed by atoms with van der Waals surface area (Å²) < 4.78 is 0. The van der Waals surface area contributed by atoms with Gasteiger partial charge >= 0.3 is 5.97 Å². The molecule has 1 aliphatic rings. The maximum absolute atomic E-state index is 12.2. The highest BCUT2D eigenvalue weighted by Gasteiger charge is 2.28. The summed E-state index contributed by atoms with van der Waals surface area (Å²) in [5, 5.41) is 19.3. The lowest BCUT2D eigenvalue weighted by atomic mass is 10.00. The number of rotatable bonds is 7. The Morgan fingerprint density at radius 3 is 2.86 bits per heavy atom. The minimum Gasteiger partial charge on any atom is -0.477 e. The van der Waals surface area contributed by atoms with Crippen LogP contribution in [-0.4, -0.2) is 45.7 Å². The van der Waals surface area contributed by atoms with Crippen molar-refractivity contribution in [3.63, 3.8) is 0 Å². The van der Waals surface area contributed by atoms with Gasteiger partial charge in [0.25, 0.3) is 0 Å². The van der Waals surface area contributed by atoms with Crippen LogP contribution in [0.15, 0.2) is 24.3 Å². The summed E-state index contributed by atoms with van der Waals surface area (Å²) in [6.07, 6.45) is 6.77. The molecule has 2 rings (SSSR count). The second-order valence-corrected chi connectivity index (χ2v) is 8.14. The van der Waals surface area contributed by atoms with Crippen LogP contribution in [0.2, 0.25) is 0 Å². The Kier molecular flexibility index (Phi) is 8.99. The van der Waals surface area contributed by atoms with Crippen molar-refractivity contribution in [3.8, 4) is 23.7 Å². The van der Waals surface area contributed by atoms with Gasteiger partial charge < -0.3 is 15.1 Å². The first-order chi connectivity index (χ1) is 13.9. The molecule has 1 saturated heterocycles. The zero-order chi connectivity index (χ0) is 21.2. The molecule has 0 unspecified atom stereocenters. The number of thiophene rings is 1. The van der Waals surface area contributed by atoms with Crippen LogP contribution in [-0.2, 0) is 4.79 Å². The molecule has 29 heavy (non-hydrogen) atoms. The van der Waals surface area contributed by atoms with Gasteiger partial charge in [-0.05, 0) is 30.9 Å². The predicted octanol–water partition coefficient (Wildman–Crippen LogP) is 3.54. The minimum absolute atomic E-state index is 0.0308. The Morgan fingerprint density at radius 1 is 1.38 bits per heavy atom. The van der Waals surface area contributed by atoms with E-state index in [9.17, 15) is 14.7 Å². The van der Waals surface area contributed by atoms with E-state index in [0.29, 0.717) is 24.1 Å². The van der Waals surface area contributed by atoms with Gasteiger partial charge in [-0.3, -0.25) is 4.79 Å². The van der Waals surface area contributed by atoms with E-state index in [-0.39, 0.29) is 29.3 Å². The molecular formula is C23H27NO4S. The largest absolute Gasteiger partial charge is 0.477 e. The van der Waals surface area contributed by atoms with Crippen LogP contribution in [0.1, 0.15) is 60.5 Å². The van der Waals surface area contributed by atoms with E-state index >= 15 is 0 Å². The molecule has 1 aromatic rings. The molecule has 0 aromatic carbocycles. The number of aliphatic hydroxyl groups is 1. The Morgan fingerprint density at radius 2 is 2.17 bits per heavy atom. The number of carbonyl (C=O) groups excluding carboxylic acids is 1. The number of hydrogen-bond acceptors (Lipinski definition) is 4. The molecule has 0 spiro atoms. The zero-order valence-corrected chi connectivity index (χ0v) is 17.7. The molecule has 6 heteroatoms. The smallest absolute Gasteiger partial charge is 0.345 e. The van der Waals surface area contributed by atoms with E-state index in [4.69, 9.17) is 5.11 Å². The number of carbonyl (C=O) groups is 2. The monoisotopic (exact) mass is 413 g/mol. The predicted molar refractivity (Wildman–Crippen MR) is 115 cm³/mol. The second kappa shape index (κ2) is 11.5. The topological polar surface area (TPSA) is 77.8 Å². The lowest BCUT2D eigenvalue weighted by Gasteiger charge is -2.20. The molecule has 2 heterocycles. The van der Waals surface area contributed by atoms with Crippen LogP contribution in [0.4, 0.5) is 0 Å². The third kappa shape index (κ3) is 7.09. The van der Waals surface area contributed by atoms with Gasteiger partial charge in [0.1, 0.15) is 4.88 Å². The highest BCUT2D eigenvalue weighted by Crippen LogP contribution is 2.21. The van der Waals surface area contributed by atoms with Crippen molar-refractivity contribution in [2.75, 3.05) is 6.54 Å². The molecule has 1 amide bonds. The van der Waals surface area contributed by atoms with Crippen molar-refractivity contribution in [1.82, 2.24) is 4.90 Å². The standard InChI is InChI=1S/C23H27NO4S/c1-3-4-5-6-8-17(2)20(25)13-10-18-11-15-22(26)24(18)16-7-9-19-12-14-21(29-19)23(27)28/h10,12-14,17-18,20,25H,3-4,8,11,15-16H2,1-2H3,(H,27,28)/b13-10+/t17-,18-,20+/m0/s1. The van der Waals surface area contributed by atoms with E-state index in [1.807, 2.05) is 13.0 Å². The van der Waals surface area contributed by atoms with Crippen molar-refractivity contribution >= 4 is 23.2 Å². The van der Waals surface area contributed by atoms with Crippen LogP contribution in [0.5, 0.6) is 0 Å². The number of aromatic carboxylic acids is 1. The summed E-state index contributed by atoms with van der Waals surface area (Å²) >= 11 is 1.12. The molecule has 3 atom stereocenters. The lowest BCUT2D eigenvalue weighted by molar-refractivity contribution is -0.127. The first-order valence-electron chi connectivity index (χ1n) is 9.86. The van der Waals surface area contributed by atoms with E-state index in [2.05, 4.69) is 30.6 Å². The SMILES string of the molecule is CCCC#CC[C@H](C)[C@H](O)/C=C/[C@H]1CCC(=O)N1CC#Cc1ccc(C(=O)O)s1. The Balaban J connectivity index is 1.92. The summed E-state index contributed by atoms with van der Waals surface area (Å²) in [6.45, 7) is 4.33. The van der Waals surface area contributed by atoms with Crippen LogP contribution in [0.3, 0.4) is 0 Å². The fourth-order valence-corrected chi connectivity index (χ4v) is 3.61. The molecule has 154 valence electrons. The minimum atomic E-state index is -0.966. The Bertz CT molecular complexity index is 865. The highest BCUT2D eigenvalue weighted by molar-refractivity contribution is 7.14. The fraction of sp³-hybridized carbons (Fsp3) is 0.478. The number of likely N-dealkylation sites (tertiary alicyclic amines) is 1. The van der Waals surface area contributed by atoms with Gasteiger partial charge in [0.2, 0.25) is 5.91 Å². The molecule has 1 aliphatic heterocycles. The number of carboxylic acid groups (broad SMARTS) is 1. The van der Waals surface area contributed by atoms with Gasteiger partial charge in [0.05, 0.1) is 23.6 Å². The van der Waals surface area contributed by atoms with Gasteiger partial charge in [-0.2, -0.15) is 0 Å². The van der Waals surface area contributed by atoms with Gasteiger partial charge in [0, 0.05) is 19.3 Å². The second-order valence-electron chi connectivity index (χ2n) is 7.06. The average molecular weight is 414 g/mol. The molecule has 0 radical (unpaired) electrons. The quantitative estimate of drug-likeness (QED) is 0.529. The van der Waals surface area contributed by atoms with Crippen LogP contribution in [0.25, 0.3) is 0 Å².